The normalized spacial score (nSPS) is 17.4. The van der Waals surface area contributed by atoms with E-state index in [1.165, 1.54) is 73.4 Å². The number of fused-ring (bicyclic) bond motifs is 2. The van der Waals surface area contributed by atoms with Crippen LogP contribution in [0.2, 0.25) is 0 Å². The molecule has 3 aliphatic rings. The average Bonchev–Trinajstić information content (AvgIpc) is 3.81. The predicted octanol–water partition coefficient (Wildman–Crippen LogP) is 3.49. The number of rotatable bonds is 11. The Morgan fingerprint density at radius 2 is 1.87 bits per heavy atom. The number of aliphatic hydroxyl groups is 1. The molecular weight excluding hydrogens is 862 g/mol. The number of aryl methyl sites for hydroxylation is 1. The molecule has 2 aliphatic heterocycles. The van der Waals surface area contributed by atoms with E-state index in [-0.39, 0.29) is 110 Å². The van der Waals surface area contributed by atoms with E-state index in [0.717, 1.165) is 37.9 Å². The van der Waals surface area contributed by atoms with Crippen LogP contribution >= 0.6 is 12.1 Å². The summed E-state index contributed by atoms with van der Waals surface area (Å²) in [6.07, 6.45) is 10.9. The molecule has 332 valence electrons. The maximum Gasteiger partial charge on any atom is 1.00 e. The molecule has 1 unspecified atom stereocenters. The summed E-state index contributed by atoms with van der Waals surface area (Å²) in [6.45, 7) is 6.66. The second-order valence-corrected chi connectivity index (χ2v) is 16.7. The number of piperidine rings is 1. The number of ether oxygens (including phenoxy) is 2. The van der Waals surface area contributed by atoms with Crippen LogP contribution in [-0.4, -0.2) is 103 Å². The van der Waals surface area contributed by atoms with Crippen LogP contribution in [0.4, 0.5) is 25.1 Å². The monoisotopic (exact) mass is 913 g/mol. The first-order valence-corrected chi connectivity index (χ1v) is 21.2. The van der Waals surface area contributed by atoms with Crippen molar-refractivity contribution in [2.45, 2.75) is 69.1 Å². The summed E-state index contributed by atoms with van der Waals surface area (Å²) in [7, 11) is 3.49. The van der Waals surface area contributed by atoms with Gasteiger partial charge in [0, 0.05) is 50.2 Å². The number of hydrogen-bond acceptors (Lipinski definition) is 13. The molecule has 5 aromatic rings. The second kappa shape index (κ2) is 22.5. The minimum Gasteiger partial charge on any atom is -0.870 e. The number of benzene rings is 3. The molecule has 3 aromatic carbocycles. The smallest absolute Gasteiger partial charge is 0.870 e. The number of primary amides is 1. The SMILES string of the molecule is CN(CCO)SNc1ccc(F)c(Oc2ccc3ncn(C4COC5(CCN(C6CCCCC6)CC5)C4)c(=O)c3c2)c1C#N.[CH2-]CN(C(N)=O)c1nn(C)c2ccc(F)cc12.[K+].[OH-]. The first-order chi connectivity index (χ1) is 29.4. The molecule has 1 saturated carbocycles. The number of nitriles is 1. The van der Waals surface area contributed by atoms with Gasteiger partial charge in [-0.25, -0.2) is 22.9 Å². The van der Waals surface area contributed by atoms with Gasteiger partial charge < -0.3 is 47.2 Å². The fourth-order valence-electron chi connectivity index (χ4n) is 8.55. The number of aromatic nitrogens is 4. The van der Waals surface area contributed by atoms with Crippen LogP contribution in [-0.2, 0) is 11.8 Å². The van der Waals surface area contributed by atoms with Crippen LogP contribution in [0.3, 0.4) is 0 Å². The summed E-state index contributed by atoms with van der Waals surface area (Å²) in [5, 5.41) is 24.0. The van der Waals surface area contributed by atoms with Gasteiger partial charge in [-0.3, -0.25) is 14.0 Å². The number of nitrogens with two attached hydrogens (primary N) is 1. The first kappa shape index (κ1) is 50.3. The van der Waals surface area contributed by atoms with Crippen molar-refractivity contribution in [3.8, 4) is 17.6 Å². The van der Waals surface area contributed by atoms with E-state index in [2.05, 4.69) is 26.6 Å². The van der Waals surface area contributed by atoms with Crippen molar-refractivity contribution < 1.29 is 85.0 Å². The van der Waals surface area contributed by atoms with Gasteiger partial charge in [0.2, 0.25) is 0 Å². The van der Waals surface area contributed by atoms with Crippen LogP contribution in [0.15, 0.2) is 59.7 Å². The molecule has 5 N–H and O–H groups in total. The number of amides is 2. The molecule has 1 spiro atoms. The molecule has 1 atom stereocenters. The minimum atomic E-state index is -0.701. The Morgan fingerprint density at radius 1 is 1.13 bits per heavy atom. The van der Waals surface area contributed by atoms with Crippen molar-refractivity contribution in [3.63, 3.8) is 0 Å². The first-order valence-electron chi connectivity index (χ1n) is 20.5. The number of nitrogens with zero attached hydrogens (tertiary/aromatic N) is 8. The maximum absolute atomic E-state index is 14.9. The standard InChI is InChI=1S/C32H39FN6O4S.C11H12FN4O.K.H2O/c1-37(15-16-40)44-36-29-10-8-27(33)30(26(29)19-34)43-24-7-9-28-25(17-24)31(41)39(21-35-28)23-18-32(42-20-23)11-13-38(14-12-32)22-5-3-2-4-6-22;1-3-16(11(13)17)10-8-6-7(12)4-5-9(8)15(2)14-10;;/h7-10,17,21-23,36,40H,2-6,11-16,18,20H2,1H3;4-6H,1,3H2,2H3,(H2,13,17);;1H2/q;-1;+1;/p-1. The topological polar surface area (TPSA) is 210 Å². The van der Waals surface area contributed by atoms with Gasteiger partial charge in [0.1, 0.15) is 23.2 Å². The zero-order valence-corrected chi connectivity index (χ0v) is 39.7. The van der Waals surface area contributed by atoms with Crippen LogP contribution < -0.4 is 77.0 Å². The molecule has 2 saturated heterocycles. The van der Waals surface area contributed by atoms with Crippen molar-refractivity contribution >= 4 is 51.5 Å². The third-order valence-electron chi connectivity index (χ3n) is 11.8. The number of halogens is 2. The second-order valence-electron chi connectivity index (χ2n) is 15.7. The quantitative estimate of drug-likeness (QED) is 0.0987. The molecule has 0 radical (unpaired) electrons. The summed E-state index contributed by atoms with van der Waals surface area (Å²) >= 11 is 1.17. The molecule has 8 rings (SSSR count). The molecule has 2 amide bonds. The van der Waals surface area contributed by atoms with Crippen LogP contribution in [0.25, 0.3) is 21.8 Å². The fraction of sp³-hybridized carbons (Fsp3) is 0.442. The van der Waals surface area contributed by atoms with Gasteiger partial charge in [-0.1, -0.05) is 25.8 Å². The van der Waals surface area contributed by atoms with E-state index >= 15 is 0 Å². The van der Waals surface area contributed by atoms with Crippen LogP contribution in [0.1, 0.15) is 63.0 Å². The Labute approximate surface area is 411 Å². The summed E-state index contributed by atoms with van der Waals surface area (Å²) in [6, 6.07) is 13.7. The minimum absolute atomic E-state index is 0. The van der Waals surface area contributed by atoms with Gasteiger partial charge in [-0.2, -0.15) is 10.4 Å². The van der Waals surface area contributed by atoms with Gasteiger partial charge >= 0.3 is 57.4 Å². The number of aliphatic hydroxyl groups excluding tert-OH is 1. The van der Waals surface area contributed by atoms with Gasteiger partial charge in [-0.05, 0) is 87.7 Å². The predicted molar refractivity (Wildman–Crippen MR) is 233 cm³/mol. The Hall–Kier alpha value is -3.72. The summed E-state index contributed by atoms with van der Waals surface area (Å²) in [5.74, 6) is -0.782. The van der Waals surface area contributed by atoms with E-state index in [0.29, 0.717) is 47.0 Å². The molecule has 0 bridgehead atoms. The zero-order chi connectivity index (χ0) is 43.3. The molecule has 4 heterocycles. The van der Waals surface area contributed by atoms with Crippen molar-refractivity contribution in [2.24, 2.45) is 12.8 Å². The number of likely N-dealkylation sites (tertiary alicyclic amines) is 1. The van der Waals surface area contributed by atoms with Crippen molar-refractivity contribution in [1.29, 1.82) is 5.26 Å². The molecule has 20 heteroatoms. The summed E-state index contributed by atoms with van der Waals surface area (Å²) < 4.78 is 48.4. The van der Waals surface area contributed by atoms with E-state index < -0.39 is 11.8 Å². The number of carbonyl (C=O) groups excluding carboxylic acids is 1. The molecule has 63 heavy (non-hydrogen) atoms. The van der Waals surface area contributed by atoms with Gasteiger partial charge in [0.15, 0.2) is 17.4 Å². The molecule has 16 nitrogen and oxygen atoms in total. The van der Waals surface area contributed by atoms with E-state index in [4.69, 9.17) is 20.3 Å². The largest absolute Gasteiger partial charge is 1.00 e. The Bertz CT molecular complexity index is 2470. The zero-order valence-electron chi connectivity index (χ0n) is 35.8. The van der Waals surface area contributed by atoms with Crippen molar-refractivity contribution in [1.82, 2.24) is 28.5 Å². The number of likely N-dealkylation sites (N-methyl/N-ethyl adjacent to an activating group) is 1. The van der Waals surface area contributed by atoms with Crippen LogP contribution in [0, 0.1) is 29.9 Å². The number of nitrogens with one attached hydrogen (secondary N) is 1. The Balaban J connectivity index is 0.000000332. The number of anilines is 2. The van der Waals surface area contributed by atoms with E-state index in [9.17, 15) is 23.6 Å². The van der Waals surface area contributed by atoms with E-state index in [1.54, 1.807) is 58.2 Å². The molecular formula is C43H52F2KN10O6S-. The molecule has 1 aliphatic carbocycles. The fourth-order valence-corrected chi connectivity index (χ4v) is 9.15. The van der Waals surface area contributed by atoms with Crippen molar-refractivity contribution in [2.75, 3.05) is 56.1 Å². The Morgan fingerprint density at radius 3 is 2.56 bits per heavy atom. The third-order valence-corrected chi connectivity index (χ3v) is 12.6. The maximum atomic E-state index is 14.9. The average molecular weight is 914 g/mol. The number of urea groups is 1. The summed E-state index contributed by atoms with van der Waals surface area (Å²) in [5.41, 5.74) is 6.40. The number of hydrogen-bond donors (Lipinski definition) is 3. The van der Waals surface area contributed by atoms with Crippen molar-refractivity contribution in [3.05, 3.63) is 89.3 Å². The van der Waals surface area contributed by atoms with Crippen LogP contribution in [0.5, 0.6) is 11.5 Å². The van der Waals surface area contributed by atoms with Gasteiger partial charge in [-0.15, -0.1) is 0 Å². The Kier molecular flexibility index (Phi) is 17.9. The summed E-state index contributed by atoms with van der Waals surface area (Å²) in [4.78, 5) is 33.4. The molecule has 2 aromatic heterocycles. The third kappa shape index (κ3) is 11.4. The number of carbonyl (C=O) groups is 1. The van der Waals surface area contributed by atoms with Gasteiger partial charge in [0.05, 0.1) is 53.3 Å². The van der Waals surface area contributed by atoms with Gasteiger partial charge in [0.25, 0.3) is 5.56 Å². The molecule has 3 fully saturated rings. The van der Waals surface area contributed by atoms with E-state index in [1.807, 2.05) is 6.07 Å².